The molecule has 0 spiro atoms. The second-order valence-corrected chi connectivity index (χ2v) is 7.71. The smallest absolute Gasteiger partial charge is 0.408 e. The van der Waals surface area contributed by atoms with Gasteiger partial charge in [0, 0.05) is 10.4 Å². The van der Waals surface area contributed by atoms with Gasteiger partial charge in [0.05, 0.1) is 0 Å². The van der Waals surface area contributed by atoms with Crippen LogP contribution in [0.3, 0.4) is 0 Å². The number of halogens is 1. The number of rotatable bonds is 5. The van der Waals surface area contributed by atoms with E-state index < -0.39 is 18.1 Å². The predicted octanol–water partition coefficient (Wildman–Crippen LogP) is 5.11. The van der Waals surface area contributed by atoms with Crippen LogP contribution in [0.15, 0.2) is 77.3 Å². The zero-order valence-electron chi connectivity index (χ0n) is 15.3. The second-order valence-electron chi connectivity index (χ2n) is 6.79. The van der Waals surface area contributed by atoms with Gasteiger partial charge in [-0.2, -0.15) is 0 Å². The van der Waals surface area contributed by atoms with E-state index in [-0.39, 0.29) is 12.5 Å². The average Bonchev–Trinajstić information content (AvgIpc) is 3.05. The molecule has 4 rings (SSSR count). The van der Waals surface area contributed by atoms with E-state index >= 15 is 0 Å². The number of carbonyl (C=O) groups is 2. The minimum Gasteiger partial charge on any atom is -0.479 e. The molecule has 0 fully saturated rings. The van der Waals surface area contributed by atoms with Gasteiger partial charge in [-0.1, -0.05) is 76.6 Å². The molecule has 0 saturated carbocycles. The van der Waals surface area contributed by atoms with Crippen LogP contribution in [0.2, 0.25) is 0 Å². The second kappa shape index (κ2) is 8.09. The number of benzene rings is 3. The van der Waals surface area contributed by atoms with E-state index in [1.165, 1.54) is 0 Å². The molecular weight excluding hydrogens is 434 g/mol. The largest absolute Gasteiger partial charge is 0.479 e. The standard InChI is InChI=1S/C23H18BrNO4/c24-15-11-9-14(10-12-15)21(22(26)27)25-23(28)29-13-20-18-7-3-1-5-16(18)17-6-2-4-8-19(17)20/h1-12,20-21H,13H2,(H,25,28)(H,26,27). The lowest BCUT2D eigenvalue weighted by Crippen LogP contribution is -2.34. The molecule has 0 heterocycles. The van der Waals surface area contributed by atoms with Gasteiger partial charge < -0.3 is 15.2 Å². The van der Waals surface area contributed by atoms with Crippen molar-refractivity contribution >= 4 is 28.0 Å². The first-order valence-corrected chi connectivity index (χ1v) is 9.93. The summed E-state index contributed by atoms with van der Waals surface area (Å²) in [5.74, 6) is -1.23. The van der Waals surface area contributed by atoms with Crippen molar-refractivity contribution in [3.8, 4) is 11.1 Å². The van der Waals surface area contributed by atoms with Crippen LogP contribution in [-0.4, -0.2) is 23.8 Å². The number of nitrogens with one attached hydrogen (secondary N) is 1. The fourth-order valence-electron chi connectivity index (χ4n) is 3.70. The van der Waals surface area contributed by atoms with Crippen LogP contribution in [-0.2, 0) is 9.53 Å². The summed E-state index contributed by atoms with van der Waals surface area (Å²) < 4.78 is 6.27. The average molecular weight is 452 g/mol. The molecule has 3 aromatic rings. The SMILES string of the molecule is O=C(NC(C(=O)O)c1ccc(Br)cc1)OCC1c2ccccc2-c2ccccc21. The lowest BCUT2D eigenvalue weighted by Gasteiger charge is -2.17. The normalized spacial score (nSPS) is 13.3. The van der Waals surface area contributed by atoms with Crippen molar-refractivity contribution in [3.63, 3.8) is 0 Å². The highest BCUT2D eigenvalue weighted by molar-refractivity contribution is 9.10. The Morgan fingerprint density at radius 2 is 1.48 bits per heavy atom. The molecular formula is C23H18BrNO4. The summed E-state index contributed by atoms with van der Waals surface area (Å²) >= 11 is 3.31. The van der Waals surface area contributed by atoms with Gasteiger partial charge >= 0.3 is 12.1 Å². The van der Waals surface area contributed by atoms with E-state index in [0.717, 1.165) is 26.7 Å². The van der Waals surface area contributed by atoms with Gasteiger partial charge in [0.2, 0.25) is 0 Å². The van der Waals surface area contributed by atoms with Crippen molar-refractivity contribution in [2.45, 2.75) is 12.0 Å². The van der Waals surface area contributed by atoms with Gasteiger partial charge in [0.15, 0.2) is 6.04 Å². The van der Waals surface area contributed by atoms with E-state index in [2.05, 4.69) is 33.4 Å². The number of fused-ring (bicyclic) bond motifs is 3. The molecule has 1 aliphatic carbocycles. The van der Waals surface area contributed by atoms with Gasteiger partial charge in [0.25, 0.3) is 0 Å². The van der Waals surface area contributed by atoms with Gasteiger partial charge in [-0.15, -0.1) is 0 Å². The number of ether oxygens (including phenoxy) is 1. The van der Waals surface area contributed by atoms with Crippen LogP contribution in [0.1, 0.15) is 28.7 Å². The number of hydrogen-bond donors (Lipinski definition) is 2. The Morgan fingerprint density at radius 1 is 0.931 bits per heavy atom. The molecule has 2 N–H and O–H groups in total. The molecule has 1 unspecified atom stereocenters. The summed E-state index contributed by atoms with van der Waals surface area (Å²) in [6.45, 7) is 0.131. The number of hydrogen-bond acceptors (Lipinski definition) is 3. The van der Waals surface area contributed by atoms with E-state index in [0.29, 0.717) is 5.56 Å². The number of carbonyl (C=O) groups excluding carboxylic acids is 1. The minimum absolute atomic E-state index is 0.0795. The third-order valence-electron chi connectivity index (χ3n) is 5.06. The molecule has 5 nitrogen and oxygen atoms in total. The third-order valence-corrected chi connectivity index (χ3v) is 5.58. The topological polar surface area (TPSA) is 75.6 Å². The Bertz CT molecular complexity index is 1020. The van der Waals surface area contributed by atoms with Crippen molar-refractivity contribution in [2.24, 2.45) is 0 Å². The van der Waals surface area contributed by atoms with Crippen molar-refractivity contribution < 1.29 is 19.4 Å². The molecule has 146 valence electrons. The summed E-state index contributed by atoms with van der Waals surface area (Å²) in [5, 5.41) is 12.0. The first-order valence-electron chi connectivity index (χ1n) is 9.14. The Kier molecular flexibility index (Phi) is 5.36. The highest BCUT2D eigenvalue weighted by Gasteiger charge is 2.30. The van der Waals surface area contributed by atoms with Crippen LogP contribution in [0, 0.1) is 0 Å². The first-order chi connectivity index (χ1) is 14.0. The highest BCUT2D eigenvalue weighted by atomic mass is 79.9. The van der Waals surface area contributed by atoms with E-state index in [4.69, 9.17) is 4.74 Å². The number of amides is 1. The first kappa shape index (κ1) is 19.2. The summed E-state index contributed by atoms with van der Waals surface area (Å²) in [5.41, 5.74) is 4.94. The van der Waals surface area contributed by atoms with Crippen LogP contribution in [0.5, 0.6) is 0 Å². The quantitative estimate of drug-likeness (QED) is 0.564. The molecule has 1 aliphatic rings. The van der Waals surface area contributed by atoms with Crippen molar-refractivity contribution in [3.05, 3.63) is 94.0 Å². The minimum atomic E-state index is -1.18. The van der Waals surface area contributed by atoms with E-state index in [9.17, 15) is 14.7 Å². The maximum absolute atomic E-state index is 12.4. The molecule has 0 aliphatic heterocycles. The fraction of sp³-hybridized carbons (Fsp3) is 0.130. The highest BCUT2D eigenvalue weighted by Crippen LogP contribution is 2.44. The zero-order valence-corrected chi connectivity index (χ0v) is 16.9. The summed E-state index contributed by atoms with van der Waals surface area (Å²) in [6, 6.07) is 21.6. The van der Waals surface area contributed by atoms with Gasteiger partial charge in [0.1, 0.15) is 6.61 Å². The number of aliphatic carboxylic acids is 1. The van der Waals surface area contributed by atoms with Crippen molar-refractivity contribution in [1.82, 2.24) is 5.32 Å². The molecule has 1 atom stereocenters. The van der Waals surface area contributed by atoms with E-state index in [1.807, 2.05) is 36.4 Å². The molecule has 3 aromatic carbocycles. The van der Waals surface area contributed by atoms with Gasteiger partial charge in [-0.25, -0.2) is 9.59 Å². The molecule has 1 amide bonds. The number of alkyl carbamates (subject to hydrolysis) is 1. The van der Waals surface area contributed by atoms with Crippen LogP contribution in [0.4, 0.5) is 4.79 Å². The van der Waals surface area contributed by atoms with Crippen LogP contribution >= 0.6 is 15.9 Å². The van der Waals surface area contributed by atoms with E-state index in [1.54, 1.807) is 24.3 Å². The molecule has 0 radical (unpaired) electrons. The van der Waals surface area contributed by atoms with Crippen LogP contribution in [0.25, 0.3) is 11.1 Å². The van der Waals surface area contributed by atoms with Crippen molar-refractivity contribution in [2.75, 3.05) is 6.61 Å². The third kappa shape index (κ3) is 3.89. The number of carboxylic acid groups (broad SMARTS) is 1. The summed E-state index contributed by atoms with van der Waals surface area (Å²) in [7, 11) is 0. The molecule has 6 heteroatoms. The lowest BCUT2D eigenvalue weighted by molar-refractivity contribution is -0.139. The van der Waals surface area contributed by atoms with Gasteiger partial charge in [-0.3, -0.25) is 0 Å². The molecule has 0 aromatic heterocycles. The molecule has 0 bridgehead atoms. The monoisotopic (exact) mass is 451 g/mol. The lowest BCUT2D eigenvalue weighted by atomic mass is 9.98. The predicted molar refractivity (Wildman–Crippen MR) is 113 cm³/mol. The Balaban J connectivity index is 1.48. The zero-order chi connectivity index (χ0) is 20.4. The van der Waals surface area contributed by atoms with Crippen LogP contribution < -0.4 is 5.32 Å². The Labute approximate surface area is 176 Å². The summed E-state index contributed by atoms with van der Waals surface area (Å²) in [4.78, 5) is 24.0. The Morgan fingerprint density at radius 3 is 2.03 bits per heavy atom. The molecule has 29 heavy (non-hydrogen) atoms. The fourth-order valence-corrected chi connectivity index (χ4v) is 3.97. The molecule has 0 saturated heterocycles. The summed E-state index contributed by atoms with van der Waals surface area (Å²) in [6.07, 6.45) is -0.762. The maximum Gasteiger partial charge on any atom is 0.408 e. The maximum atomic E-state index is 12.4. The number of carboxylic acids is 1. The van der Waals surface area contributed by atoms with Gasteiger partial charge in [-0.05, 0) is 39.9 Å². The van der Waals surface area contributed by atoms with Crippen molar-refractivity contribution in [1.29, 1.82) is 0 Å². The Hall–Kier alpha value is -3.12.